The predicted octanol–water partition coefficient (Wildman–Crippen LogP) is -0.117. The lowest BCUT2D eigenvalue weighted by atomic mass is 9.95. The fourth-order valence-electron chi connectivity index (χ4n) is 5.61. The van der Waals surface area contributed by atoms with E-state index in [1.807, 2.05) is 0 Å². The number of fused-ring (bicyclic) bond motifs is 2. The summed E-state index contributed by atoms with van der Waals surface area (Å²) in [6.45, 7) is 4.26. The second-order valence-corrected chi connectivity index (χ2v) is 14.2. The van der Waals surface area contributed by atoms with Gasteiger partial charge in [-0.3, -0.25) is 19.2 Å². The molecule has 4 fully saturated rings. The Hall–Kier alpha value is -3.30. The summed E-state index contributed by atoms with van der Waals surface area (Å²) in [6, 6.07) is 4.66. The number of hydrogen-bond donors (Lipinski definition) is 2. The fraction of sp³-hybridized carbons (Fsp3) is 0.538. The molecule has 0 spiro atoms. The maximum atomic E-state index is 13.1. The molecule has 0 saturated carbocycles. The van der Waals surface area contributed by atoms with E-state index in [9.17, 15) is 28.8 Å². The Kier molecular flexibility index (Phi) is 7.49. The van der Waals surface area contributed by atoms with Crippen molar-refractivity contribution in [2.75, 3.05) is 13.9 Å². The summed E-state index contributed by atoms with van der Waals surface area (Å²) in [5.74, 6) is -3.66. The second kappa shape index (κ2) is 10.5. The maximum Gasteiger partial charge on any atom is 0.333 e. The molecule has 4 heterocycles. The van der Waals surface area contributed by atoms with Crippen LogP contribution >= 0.6 is 23.5 Å². The largest absolute Gasteiger partial charge is 0.468 e. The topological polar surface area (TPSA) is 175 Å². The zero-order valence-corrected chi connectivity index (χ0v) is 24.4. The van der Waals surface area contributed by atoms with Gasteiger partial charge in [0, 0.05) is 4.75 Å². The van der Waals surface area contributed by atoms with Gasteiger partial charge in [0.2, 0.25) is 24.5 Å². The molecule has 4 saturated heterocycles. The molecule has 1 aromatic carbocycles. The van der Waals surface area contributed by atoms with Crippen LogP contribution in [0.4, 0.5) is 0 Å². The molecule has 7 atom stereocenters. The number of nitrogens with one attached hydrogen (secondary N) is 1. The van der Waals surface area contributed by atoms with Crippen molar-refractivity contribution < 1.29 is 43.0 Å². The molecule has 0 radical (unpaired) electrons. The van der Waals surface area contributed by atoms with E-state index < -0.39 is 75.6 Å². The molecular formula is C26H30N4O9S2. The maximum absolute atomic E-state index is 13.1. The number of benzene rings is 1. The molecule has 0 bridgehead atoms. The molecule has 5 rings (SSSR count). The Morgan fingerprint density at radius 2 is 1.66 bits per heavy atom. The number of β-lactam (4-membered cyclic amide) rings is 2. The highest BCUT2D eigenvalue weighted by Gasteiger charge is 2.66. The van der Waals surface area contributed by atoms with Gasteiger partial charge in [0.1, 0.15) is 28.2 Å². The Morgan fingerprint density at radius 1 is 1.02 bits per heavy atom. The Balaban J connectivity index is 1.19. The third-order valence-corrected chi connectivity index (χ3v) is 10.9. The van der Waals surface area contributed by atoms with Crippen LogP contribution in [0.3, 0.4) is 0 Å². The summed E-state index contributed by atoms with van der Waals surface area (Å²) in [4.78, 5) is 79.1. The van der Waals surface area contributed by atoms with Gasteiger partial charge >= 0.3 is 17.9 Å². The number of rotatable bonds is 8. The third-order valence-electron chi connectivity index (χ3n) is 7.75. The molecule has 0 aliphatic carbocycles. The minimum Gasteiger partial charge on any atom is -0.468 e. The number of carbonyl (C=O) groups is 6. The number of methoxy groups -OCH3 is 1. The minimum absolute atomic E-state index is 0.190. The van der Waals surface area contributed by atoms with E-state index in [4.69, 9.17) is 19.9 Å². The van der Waals surface area contributed by atoms with Crippen molar-refractivity contribution in [2.45, 2.75) is 71.6 Å². The first-order valence-corrected chi connectivity index (χ1v) is 14.6. The molecule has 1 unspecified atom stereocenters. The molecule has 1 aromatic rings. The molecule has 3 amide bonds. The zero-order valence-electron chi connectivity index (χ0n) is 22.7. The monoisotopic (exact) mass is 606 g/mol. The molecule has 15 heteroatoms. The van der Waals surface area contributed by atoms with Gasteiger partial charge in [0.05, 0.1) is 18.9 Å². The highest BCUT2D eigenvalue weighted by molar-refractivity contribution is 8.02. The quantitative estimate of drug-likeness (QED) is 0.228. The number of thioether (sulfide) groups is 2. The first kappa shape index (κ1) is 29.2. The van der Waals surface area contributed by atoms with Crippen molar-refractivity contribution in [3.8, 4) is 0 Å². The highest BCUT2D eigenvalue weighted by atomic mass is 32.2. The first-order chi connectivity index (χ1) is 19.3. The van der Waals surface area contributed by atoms with Crippen molar-refractivity contribution >= 4 is 59.2 Å². The lowest BCUT2D eigenvalue weighted by Gasteiger charge is -2.44. The Labute approximate surface area is 244 Å². The average Bonchev–Trinajstić information content (AvgIpc) is 3.35. The molecule has 13 nitrogen and oxygen atoms in total. The van der Waals surface area contributed by atoms with Crippen LogP contribution in [-0.4, -0.2) is 97.7 Å². The number of nitrogens with two attached hydrogens (primary N) is 1. The highest BCUT2D eigenvalue weighted by Crippen LogP contribution is 2.52. The summed E-state index contributed by atoms with van der Waals surface area (Å²) in [5, 5.41) is 1.82. The Morgan fingerprint density at radius 3 is 2.27 bits per heavy atom. The van der Waals surface area contributed by atoms with Gasteiger partial charge in [-0.05, 0) is 26.3 Å². The van der Waals surface area contributed by atoms with Crippen LogP contribution in [-0.2, 0) is 43.0 Å². The molecule has 41 heavy (non-hydrogen) atoms. The molecule has 4 aliphatic rings. The minimum atomic E-state index is -1.38. The number of hydrogen-bond acceptors (Lipinski definition) is 12. The molecule has 3 N–H and O–H groups in total. The van der Waals surface area contributed by atoms with E-state index in [2.05, 4.69) is 5.32 Å². The van der Waals surface area contributed by atoms with E-state index in [0.717, 1.165) is 11.8 Å². The van der Waals surface area contributed by atoms with Crippen LogP contribution in [0.15, 0.2) is 30.3 Å². The van der Waals surface area contributed by atoms with Gasteiger partial charge in [0.15, 0.2) is 6.04 Å². The fourth-order valence-corrected chi connectivity index (χ4v) is 8.89. The number of nitrogens with zero attached hydrogens (tertiary/aromatic N) is 2. The summed E-state index contributed by atoms with van der Waals surface area (Å²) >= 11 is 2.48. The third kappa shape index (κ3) is 4.73. The van der Waals surface area contributed by atoms with E-state index in [0.29, 0.717) is 5.56 Å². The standard InChI is InChI=1S/C26H30N4O9S2/c1-25(2)17(30-20(33)16(21(30)41-25)28-19(32)15(27)12-8-6-5-7-9-12)22(34)38-11-39-23(35)18-26(3,24(36)37-4)40-14-10-13(31)29(14)18/h5-9,14-18,21H,10-11,27H2,1-4H3,(H,28,32)/t14-,15?,16+,17-,18-,21+,26+/m0/s1. The number of carbonyl (C=O) groups excluding carboxylic acids is 6. The number of esters is 3. The summed E-state index contributed by atoms with van der Waals surface area (Å²) in [6.07, 6.45) is 0.190. The van der Waals surface area contributed by atoms with E-state index in [-0.39, 0.29) is 17.7 Å². The van der Waals surface area contributed by atoms with Crippen LogP contribution in [0.1, 0.15) is 38.8 Å². The average molecular weight is 607 g/mol. The smallest absolute Gasteiger partial charge is 0.333 e. The molecular weight excluding hydrogens is 576 g/mol. The summed E-state index contributed by atoms with van der Waals surface area (Å²) < 4.78 is 13.1. The van der Waals surface area contributed by atoms with Crippen molar-refractivity contribution in [1.82, 2.24) is 15.1 Å². The lowest BCUT2D eigenvalue weighted by Crippen LogP contribution is -2.71. The van der Waals surface area contributed by atoms with E-state index in [1.165, 1.54) is 35.6 Å². The number of ether oxygens (including phenoxy) is 3. The van der Waals surface area contributed by atoms with Gasteiger partial charge < -0.3 is 35.1 Å². The van der Waals surface area contributed by atoms with Crippen molar-refractivity contribution in [3.63, 3.8) is 0 Å². The van der Waals surface area contributed by atoms with E-state index >= 15 is 0 Å². The van der Waals surface area contributed by atoms with Crippen molar-refractivity contribution in [2.24, 2.45) is 5.73 Å². The van der Waals surface area contributed by atoms with Gasteiger partial charge in [0.25, 0.3) is 0 Å². The lowest BCUT2D eigenvalue weighted by molar-refractivity contribution is -0.182. The SMILES string of the molecule is COC(=O)[C@]1(C)S[C@H]2CC(=O)N2[C@H]1C(=O)OCOC(=O)[C@@H]1N2C(=O)[C@@H](NC(=O)C(N)c3ccccc3)[C@H]2SC1(C)C. The number of amides is 3. The van der Waals surface area contributed by atoms with Gasteiger partial charge in [-0.2, -0.15) is 0 Å². The molecule has 220 valence electrons. The van der Waals surface area contributed by atoms with Crippen molar-refractivity contribution in [3.05, 3.63) is 35.9 Å². The zero-order chi connectivity index (χ0) is 29.9. The molecule has 4 aliphatic heterocycles. The first-order valence-electron chi connectivity index (χ1n) is 12.8. The normalized spacial score (nSPS) is 31.7. The van der Waals surface area contributed by atoms with Crippen LogP contribution in [0.5, 0.6) is 0 Å². The van der Waals surface area contributed by atoms with Gasteiger partial charge in [-0.1, -0.05) is 30.3 Å². The second-order valence-electron chi connectivity index (χ2n) is 10.8. The molecule has 0 aromatic heterocycles. The summed E-state index contributed by atoms with van der Waals surface area (Å²) in [5.41, 5.74) is 6.66. The Bertz CT molecular complexity index is 1310. The van der Waals surface area contributed by atoms with Crippen LogP contribution in [0.2, 0.25) is 0 Å². The van der Waals surface area contributed by atoms with Crippen LogP contribution in [0, 0.1) is 0 Å². The van der Waals surface area contributed by atoms with Crippen LogP contribution < -0.4 is 11.1 Å². The van der Waals surface area contributed by atoms with Gasteiger partial charge in [-0.25, -0.2) is 9.59 Å². The van der Waals surface area contributed by atoms with Crippen molar-refractivity contribution in [1.29, 1.82) is 0 Å². The van der Waals surface area contributed by atoms with Crippen LogP contribution in [0.25, 0.3) is 0 Å². The van der Waals surface area contributed by atoms with Gasteiger partial charge in [-0.15, -0.1) is 23.5 Å². The van der Waals surface area contributed by atoms with E-state index in [1.54, 1.807) is 44.2 Å². The predicted molar refractivity (Wildman–Crippen MR) is 145 cm³/mol. The summed E-state index contributed by atoms with van der Waals surface area (Å²) in [7, 11) is 1.19.